The Balaban J connectivity index is 1.94. The molecular formula is C17H17N3O2S. The third kappa shape index (κ3) is 3.33. The molecule has 0 aliphatic carbocycles. The van der Waals surface area contributed by atoms with Gasteiger partial charge in [-0.3, -0.25) is 4.98 Å². The van der Waals surface area contributed by atoms with Crippen LogP contribution in [0.3, 0.4) is 0 Å². The van der Waals surface area contributed by atoms with Crippen LogP contribution in [0.25, 0.3) is 10.9 Å². The van der Waals surface area contributed by atoms with E-state index in [0.717, 1.165) is 22.2 Å². The number of sulfonamides is 1. The molecule has 0 bridgehead atoms. The summed E-state index contributed by atoms with van der Waals surface area (Å²) in [5, 5.41) is 9.62. The van der Waals surface area contributed by atoms with Gasteiger partial charge in [0.25, 0.3) is 0 Å². The third-order valence-corrected chi connectivity index (χ3v) is 4.62. The van der Waals surface area contributed by atoms with Gasteiger partial charge in [-0.1, -0.05) is 30.3 Å². The Labute approximate surface area is 135 Å². The van der Waals surface area contributed by atoms with E-state index in [0.29, 0.717) is 0 Å². The monoisotopic (exact) mass is 327 g/mol. The molecule has 0 spiro atoms. The second-order valence-electron chi connectivity index (χ2n) is 5.36. The van der Waals surface area contributed by atoms with Crippen molar-refractivity contribution in [1.82, 2.24) is 4.98 Å². The average molecular weight is 327 g/mol. The van der Waals surface area contributed by atoms with Crippen LogP contribution in [0.5, 0.6) is 0 Å². The van der Waals surface area contributed by atoms with Gasteiger partial charge in [0, 0.05) is 23.3 Å². The van der Waals surface area contributed by atoms with E-state index in [1.165, 1.54) is 6.07 Å². The Morgan fingerprint density at radius 2 is 1.87 bits per heavy atom. The van der Waals surface area contributed by atoms with Gasteiger partial charge >= 0.3 is 0 Å². The van der Waals surface area contributed by atoms with Crippen LogP contribution in [0.1, 0.15) is 18.5 Å². The fourth-order valence-electron chi connectivity index (χ4n) is 2.50. The van der Waals surface area contributed by atoms with E-state index in [1.807, 2.05) is 43.3 Å². The van der Waals surface area contributed by atoms with Crippen molar-refractivity contribution >= 4 is 26.6 Å². The Bertz CT molecular complexity index is 949. The number of rotatable bonds is 4. The van der Waals surface area contributed by atoms with Crippen molar-refractivity contribution < 1.29 is 8.42 Å². The number of nitrogens with two attached hydrogens (primary N) is 1. The molecule has 0 fully saturated rings. The largest absolute Gasteiger partial charge is 0.378 e. The first-order valence-electron chi connectivity index (χ1n) is 7.18. The Kier molecular flexibility index (Phi) is 4.02. The van der Waals surface area contributed by atoms with Crippen LogP contribution in [-0.4, -0.2) is 13.4 Å². The zero-order valence-corrected chi connectivity index (χ0v) is 13.4. The number of hydrogen-bond donors (Lipinski definition) is 2. The lowest BCUT2D eigenvalue weighted by molar-refractivity contribution is 0.597. The van der Waals surface area contributed by atoms with E-state index < -0.39 is 10.0 Å². The van der Waals surface area contributed by atoms with E-state index >= 15 is 0 Å². The van der Waals surface area contributed by atoms with Crippen LogP contribution >= 0.6 is 0 Å². The lowest BCUT2D eigenvalue weighted by Crippen LogP contribution is -2.13. The van der Waals surface area contributed by atoms with Gasteiger partial charge < -0.3 is 5.32 Å². The molecule has 118 valence electrons. The fourth-order valence-corrected chi connectivity index (χ4v) is 3.07. The molecule has 0 saturated heterocycles. The standard InChI is InChI=1S/C17H17N3O2S/c1-12(13-5-4-6-14(11-13)23(18,21)22)20-17-9-10-19-16-8-3-2-7-15(16)17/h2-12H,1H3,(H,19,20)(H2,18,21,22)/t12-/m0/s1. The predicted molar refractivity (Wildman–Crippen MR) is 91.6 cm³/mol. The molecule has 0 aliphatic rings. The third-order valence-electron chi connectivity index (χ3n) is 3.71. The molecule has 5 nitrogen and oxygen atoms in total. The summed E-state index contributed by atoms with van der Waals surface area (Å²) in [4.78, 5) is 4.45. The number of anilines is 1. The molecule has 1 atom stereocenters. The molecule has 3 aromatic rings. The molecule has 0 aliphatic heterocycles. The van der Waals surface area contributed by atoms with Crippen LogP contribution in [-0.2, 0) is 10.0 Å². The fraction of sp³-hybridized carbons (Fsp3) is 0.118. The molecule has 2 aromatic carbocycles. The van der Waals surface area contributed by atoms with E-state index in [4.69, 9.17) is 5.14 Å². The highest BCUT2D eigenvalue weighted by Gasteiger charge is 2.12. The summed E-state index contributed by atoms with van der Waals surface area (Å²) in [6.45, 7) is 1.97. The zero-order chi connectivity index (χ0) is 16.4. The van der Waals surface area contributed by atoms with Gasteiger partial charge in [0.05, 0.1) is 10.4 Å². The lowest BCUT2D eigenvalue weighted by atomic mass is 10.1. The van der Waals surface area contributed by atoms with Crippen molar-refractivity contribution in [3.8, 4) is 0 Å². The molecule has 3 N–H and O–H groups in total. The highest BCUT2D eigenvalue weighted by molar-refractivity contribution is 7.89. The van der Waals surface area contributed by atoms with Gasteiger partial charge in [-0.25, -0.2) is 13.6 Å². The zero-order valence-electron chi connectivity index (χ0n) is 12.6. The van der Waals surface area contributed by atoms with Gasteiger partial charge in [-0.2, -0.15) is 0 Å². The first-order valence-corrected chi connectivity index (χ1v) is 8.73. The molecule has 0 amide bonds. The maximum atomic E-state index is 11.5. The Morgan fingerprint density at radius 3 is 2.65 bits per heavy atom. The van der Waals surface area contributed by atoms with Gasteiger partial charge in [0.2, 0.25) is 10.0 Å². The van der Waals surface area contributed by atoms with Crippen LogP contribution in [0.15, 0.2) is 65.7 Å². The van der Waals surface area contributed by atoms with Gasteiger partial charge in [-0.05, 0) is 36.8 Å². The van der Waals surface area contributed by atoms with Crippen molar-refractivity contribution in [3.05, 3.63) is 66.4 Å². The summed E-state index contributed by atoms with van der Waals surface area (Å²) < 4.78 is 23.0. The Morgan fingerprint density at radius 1 is 1.09 bits per heavy atom. The molecule has 0 radical (unpaired) electrons. The van der Waals surface area contributed by atoms with Gasteiger partial charge in [0.1, 0.15) is 0 Å². The number of nitrogens with zero attached hydrogens (tertiary/aromatic N) is 1. The maximum Gasteiger partial charge on any atom is 0.238 e. The SMILES string of the molecule is C[C@H](Nc1ccnc2ccccc12)c1cccc(S(N)(=O)=O)c1. The highest BCUT2D eigenvalue weighted by atomic mass is 32.2. The minimum absolute atomic E-state index is 0.0810. The number of benzene rings is 2. The minimum Gasteiger partial charge on any atom is -0.378 e. The Hall–Kier alpha value is -2.44. The summed E-state index contributed by atoms with van der Waals surface area (Å²) >= 11 is 0. The molecular weight excluding hydrogens is 310 g/mol. The number of hydrogen-bond acceptors (Lipinski definition) is 4. The van der Waals surface area contributed by atoms with E-state index in [-0.39, 0.29) is 10.9 Å². The smallest absolute Gasteiger partial charge is 0.238 e. The van der Waals surface area contributed by atoms with Crippen molar-refractivity contribution in [2.75, 3.05) is 5.32 Å². The predicted octanol–water partition coefficient (Wildman–Crippen LogP) is 3.06. The first kappa shape index (κ1) is 15.5. The molecule has 3 rings (SSSR count). The van der Waals surface area contributed by atoms with Gasteiger partial charge in [-0.15, -0.1) is 0 Å². The summed E-state index contributed by atoms with van der Waals surface area (Å²) in [6.07, 6.45) is 1.75. The summed E-state index contributed by atoms with van der Waals surface area (Å²) in [6, 6.07) is 16.3. The van der Waals surface area contributed by atoms with Crippen molar-refractivity contribution in [1.29, 1.82) is 0 Å². The van der Waals surface area contributed by atoms with Gasteiger partial charge in [0.15, 0.2) is 0 Å². The molecule has 23 heavy (non-hydrogen) atoms. The second-order valence-corrected chi connectivity index (χ2v) is 6.92. The lowest BCUT2D eigenvalue weighted by Gasteiger charge is -2.17. The van der Waals surface area contributed by atoms with E-state index in [9.17, 15) is 8.42 Å². The number of pyridine rings is 1. The van der Waals surface area contributed by atoms with Crippen LogP contribution in [0.2, 0.25) is 0 Å². The van der Waals surface area contributed by atoms with E-state index in [2.05, 4.69) is 10.3 Å². The molecule has 6 heteroatoms. The number of nitrogens with one attached hydrogen (secondary N) is 1. The minimum atomic E-state index is -3.70. The molecule has 1 heterocycles. The number of primary sulfonamides is 1. The molecule has 1 aromatic heterocycles. The topological polar surface area (TPSA) is 85.1 Å². The first-order chi connectivity index (χ1) is 10.9. The number of fused-ring (bicyclic) bond motifs is 1. The number of aromatic nitrogens is 1. The maximum absolute atomic E-state index is 11.5. The summed E-state index contributed by atoms with van der Waals surface area (Å²) in [7, 11) is -3.70. The van der Waals surface area contributed by atoms with Crippen molar-refractivity contribution in [2.45, 2.75) is 17.9 Å². The number of para-hydroxylation sites is 1. The quantitative estimate of drug-likeness (QED) is 0.771. The van der Waals surface area contributed by atoms with E-state index in [1.54, 1.807) is 18.3 Å². The van der Waals surface area contributed by atoms with Crippen molar-refractivity contribution in [2.24, 2.45) is 5.14 Å². The molecule has 0 saturated carbocycles. The normalized spacial score (nSPS) is 13.0. The van der Waals surface area contributed by atoms with Crippen LogP contribution in [0.4, 0.5) is 5.69 Å². The van der Waals surface area contributed by atoms with Crippen molar-refractivity contribution in [3.63, 3.8) is 0 Å². The summed E-state index contributed by atoms with van der Waals surface area (Å²) in [5.74, 6) is 0. The highest BCUT2D eigenvalue weighted by Crippen LogP contribution is 2.26. The summed E-state index contributed by atoms with van der Waals surface area (Å²) in [5.41, 5.74) is 2.70. The second kappa shape index (κ2) is 5.98. The molecule has 0 unspecified atom stereocenters. The average Bonchev–Trinajstić information content (AvgIpc) is 2.54. The van der Waals surface area contributed by atoms with Crippen LogP contribution in [0, 0.1) is 0 Å². The van der Waals surface area contributed by atoms with Crippen LogP contribution < -0.4 is 10.5 Å².